The van der Waals surface area contributed by atoms with Gasteiger partial charge in [0.05, 0.1) is 0 Å². The molecule has 0 saturated carbocycles. The van der Waals surface area contributed by atoms with E-state index in [2.05, 4.69) is 97.1 Å². The SMILES string of the molecule is c1ccc(-c2cc3cc4[se]c5cc6cc(-c7ccccc7)[se]c6cc5c4cc3[se]2)cc1. The molecular formula is C28H16Se3. The average Bonchev–Trinajstić information content (AvgIpc) is 3.51. The Labute approximate surface area is 198 Å². The normalized spacial score (nSPS) is 11.9. The summed E-state index contributed by atoms with van der Waals surface area (Å²) in [6.07, 6.45) is 0. The number of hydrogen-bond donors (Lipinski definition) is 0. The van der Waals surface area contributed by atoms with E-state index in [1.165, 1.54) is 41.5 Å². The van der Waals surface area contributed by atoms with Crippen molar-refractivity contribution >= 4 is 82.1 Å². The molecule has 0 radical (unpaired) electrons. The van der Waals surface area contributed by atoms with Crippen LogP contribution in [0.25, 0.3) is 58.6 Å². The summed E-state index contributed by atoms with van der Waals surface area (Å²) >= 11 is 1.19. The molecule has 4 aromatic carbocycles. The van der Waals surface area contributed by atoms with Gasteiger partial charge in [-0.25, -0.2) is 0 Å². The molecule has 0 saturated heterocycles. The molecule has 31 heavy (non-hydrogen) atoms. The molecule has 3 aromatic heterocycles. The van der Waals surface area contributed by atoms with Crippen LogP contribution in [-0.4, -0.2) is 43.5 Å². The first-order chi connectivity index (χ1) is 15.3. The van der Waals surface area contributed by atoms with E-state index in [9.17, 15) is 0 Å². The van der Waals surface area contributed by atoms with Crippen molar-refractivity contribution in [2.45, 2.75) is 0 Å². The Kier molecular flexibility index (Phi) is 4.31. The van der Waals surface area contributed by atoms with Crippen LogP contribution in [-0.2, 0) is 0 Å². The maximum absolute atomic E-state index is 2.52. The first kappa shape index (κ1) is 18.5. The maximum atomic E-state index is 2.52. The van der Waals surface area contributed by atoms with E-state index in [4.69, 9.17) is 0 Å². The van der Waals surface area contributed by atoms with Gasteiger partial charge in [0.1, 0.15) is 0 Å². The van der Waals surface area contributed by atoms with Crippen LogP contribution in [0.5, 0.6) is 0 Å². The molecule has 0 nitrogen and oxygen atoms in total. The summed E-state index contributed by atoms with van der Waals surface area (Å²) in [4.78, 5) is 0. The second kappa shape index (κ2) is 7.22. The first-order valence-electron chi connectivity index (χ1n) is 10.3. The first-order valence-corrected chi connectivity index (χ1v) is 15.4. The molecule has 0 N–H and O–H groups in total. The topological polar surface area (TPSA) is 0 Å². The molecule has 0 amide bonds. The van der Waals surface area contributed by atoms with Gasteiger partial charge in [-0.2, -0.15) is 0 Å². The van der Waals surface area contributed by atoms with Crippen molar-refractivity contribution in [3.8, 4) is 20.0 Å². The summed E-state index contributed by atoms with van der Waals surface area (Å²) in [7, 11) is 0. The molecule has 0 fully saturated rings. The minimum atomic E-state index is 0.393. The molecule has 7 rings (SSSR count). The Bertz CT molecular complexity index is 1590. The molecule has 3 heterocycles. The van der Waals surface area contributed by atoms with Gasteiger partial charge in [-0.05, 0) is 0 Å². The number of hydrogen-bond acceptors (Lipinski definition) is 0. The fraction of sp³-hybridized carbons (Fsp3) is 0. The molecule has 0 aliphatic carbocycles. The van der Waals surface area contributed by atoms with Gasteiger partial charge in [0, 0.05) is 0 Å². The van der Waals surface area contributed by atoms with Crippen LogP contribution in [0, 0.1) is 0 Å². The fourth-order valence-corrected chi connectivity index (χ4v) is 11.3. The molecule has 0 aliphatic heterocycles. The fourth-order valence-electron chi connectivity index (χ4n) is 4.33. The standard InChI is InChI=1S/C28H16Se3/c1-3-7-17(8-4-1)23-11-19-13-27-21(15-25(19)29-23)22-16-26-20(14-28(22)31-27)12-24(30-26)18-9-5-2-6-10-18/h1-16H. The van der Waals surface area contributed by atoms with E-state index in [0.717, 1.165) is 0 Å². The number of rotatable bonds is 2. The van der Waals surface area contributed by atoms with E-state index in [1.54, 1.807) is 17.0 Å². The minimum absolute atomic E-state index is 0.393. The zero-order valence-electron chi connectivity index (χ0n) is 16.5. The van der Waals surface area contributed by atoms with Gasteiger partial charge in [0.2, 0.25) is 0 Å². The number of benzene rings is 4. The molecule has 0 bridgehead atoms. The molecule has 7 aromatic rings. The Morgan fingerprint density at radius 3 is 1.29 bits per heavy atom. The summed E-state index contributed by atoms with van der Waals surface area (Å²) in [5.74, 6) is 0. The third kappa shape index (κ3) is 3.09. The van der Waals surface area contributed by atoms with Gasteiger partial charge in [0.25, 0.3) is 0 Å². The Morgan fingerprint density at radius 2 is 0.839 bits per heavy atom. The van der Waals surface area contributed by atoms with Gasteiger partial charge in [-0.15, -0.1) is 0 Å². The summed E-state index contributed by atoms with van der Waals surface area (Å²) in [5.41, 5.74) is 2.76. The molecule has 3 heteroatoms. The quantitative estimate of drug-likeness (QED) is 0.195. The van der Waals surface area contributed by atoms with Crippen molar-refractivity contribution in [1.82, 2.24) is 0 Å². The van der Waals surface area contributed by atoms with E-state index >= 15 is 0 Å². The van der Waals surface area contributed by atoms with Gasteiger partial charge in [-0.3, -0.25) is 0 Å². The zero-order chi connectivity index (χ0) is 20.4. The van der Waals surface area contributed by atoms with E-state index in [1.807, 2.05) is 0 Å². The number of fused-ring (bicyclic) bond motifs is 5. The Balaban J connectivity index is 1.42. The molecule has 146 valence electrons. The van der Waals surface area contributed by atoms with Crippen molar-refractivity contribution < 1.29 is 0 Å². The van der Waals surface area contributed by atoms with Gasteiger partial charge < -0.3 is 0 Å². The van der Waals surface area contributed by atoms with Crippen LogP contribution in [0.2, 0.25) is 0 Å². The van der Waals surface area contributed by atoms with Crippen LogP contribution in [0.15, 0.2) is 97.1 Å². The van der Waals surface area contributed by atoms with Crippen molar-refractivity contribution in [3.63, 3.8) is 0 Å². The Hall–Kier alpha value is -2.08. The molecule has 0 aliphatic rings. The van der Waals surface area contributed by atoms with Crippen molar-refractivity contribution in [2.24, 2.45) is 0 Å². The second-order valence-electron chi connectivity index (χ2n) is 7.83. The van der Waals surface area contributed by atoms with Crippen LogP contribution in [0.4, 0.5) is 0 Å². The summed E-state index contributed by atoms with van der Waals surface area (Å²) in [6.45, 7) is 0. The van der Waals surface area contributed by atoms with E-state index in [0.29, 0.717) is 43.5 Å². The van der Waals surface area contributed by atoms with E-state index in [-0.39, 0.29) is 0 Å². The van der Waals surface area contributed by atoms with Crippen molar-refractivity contribution in [1.29, 1.82) is 0 Å². The third-order valence-corrected chi connectivity index (χ3v) is 13.0. The monoisotopic (exact) mass is 592 g/mol. The van der Waals surface area contributed by atoms with Crippen LogP contribution in [0.3, 0.4) is 0 Å². The molecule has 0 spiro atoms. The van der Waals surface area contributed by atoms with Gasteiger partial charge in [-0.1, -0.05) is 0 Å². The zero-order valence-corrected chi connectivity index (χ0v) is 21.6. The average molecular weight is 589 g/mol. The summed E-state index contributed by atoms with van der Waals surface area (Å²) < 4.78 is 9.23. The molecule has 0 unspecified atom stereocenters. The van der Waals surface area contributed by atoms with Gasteiger partial charge in [0.15, 0.2) is 0 Å². The predicted molar refractivity (Wildman–Crippen MR) is 138 cm³/mol. The second-order valence-corrected chi connectivity index (χ2v) is 14.6. The van der Waals surface area contributed by atoms with Crippen LogP contribution in [0.1, 0.15) is 0 Å². The summed E-state index contributed by atoms with van der Waals surface area (Å²) in [6, 6.07) is 36.7. The third-order valence-electron chi connectivity index (χ3n) is 5.86. The Morgan fingerprint density at radius 1 is 0.387 bits per heavy atom. The van der Waals surface area contributed by atoms with Crippen LogP contribution < -0.4 is 0 Å². The molecular weight excluding hydrogens is 573 g/mol. The van der Waals surface area contributed by atoms with Gasteiger partial charge >= 0.3 is 199 Å². The summed E-state index contributed by atoms with van der Waals surface area (Å²) in [5, 5.41) is 5.92. The van der Waals surface area contributed by atoms with Crippen LogP contribution >= 0.6 is 0 Å². The predicted octanol–water partition coefficient (Wildman–Crippen LogP) is 6.80. The van der Waals surface area contributed by atoms with Crippen molar-refractivity contribution in [2.75, 3.05) is 0 Å². The van der Waals surface area contributed by atoms with Crippen molar-refractivity contribution in [3.05, 3.63) is 97.1 Å². The molecule has 0 atom stereocenters. The van der Waals surface area contributed by atoms with E-state index < -0.39 is 0 Å².